The molecular weight excluding hydrogens is 465 g/mol. The van der Waals surface area contributed by atoms with E-state index in [9.17, 15) is 21.6 Å². The molecule has 0 spiro atoms. The van der Waals surface area contributed by atoms with E-state index in [0.717, 1.165) is 37.0 Å². The second kappa shape index (κ2) is 9.61. The molecule has 4 bridgehead atoms. The first kappa shape index (κ1) is 24.0. The van der Waals surface area contributed by atoms with Crippen molar-refractivity contribution in [1.82, 2.24) is 9.97 Å². The van der Waals surface area contributed by atoms with Crippen molar-refractivity contribution >= 4 is 21.7 Å². The summed E-state index contributed by atoms with van der Waals surface area (Å²) in [7, 11) is -4.17. The number of nitrogens with zero attached hydrogens (tertiary/aromatic N) is 3. The number of rotatable bonds is 1. The first-order valence-corrected chi connectivity index (χ1v) is 12.6. The standard InChI is InChI=1S/C24H25F3N4O2S/c1-2-31-16-7-3-4-9-17-10-5-6-11-18(17)23-19(24(25,26)27)14-15-20(28-23)30-34(32,33)22-13-8-12-21(31)29-22/h5-6,8,10-15H,2-4,7,9,16H2,1H3,(H,28,30). The number of hydrogen-bond donors (Lipinski definition) is 1. The van der Waals surface area contributed by atoms with Crippen LogP contribution in [0.1, 0.15) is 37.3 Å². The molecule has 0 amide bonds. The zero-order valence-corrected chi connectivity index (χ0v) is 19.5. The molecule has 0 atom stereocenters. The lowest BCUT2D eigenvalue weighted by Crippen LogP contribution is -2.26. The number of alkyl halides is 3. The molecule has 3 aromatic rings. The fourth-order valence-corrected chi connectivity index (χ4v) is 5.03. The summed E-state index contributed by atoms with van der Waals surface area (Å²) in [6, 6.07) is 13.4. The van der Waals surface area contributed by atoms with Crippen LogP contribution in [0.15, 0.2) is 59.6 Å². The summed E-state index contributed by atoms with van der Waals surface area (Å²) in [6.45, 7) is 3.33. The average molecular weight is 491 g/mol. The van der Waals surface area contributed by atoms with Crippen LogP contribution >= 0.6 is 0 Å². The lowest BCUT2D eigenvalue weighted by atomic mass is 9.96. The Morgan fingerprint density at radius 1 is 0.971 bits per heavy atom. The van der Waals surface area contributed by atoms with Crippen molar-refractivity contribution in [3.8, 4) is 11.3 Å². The van der Waals surface area contributed by atoms with Gasteiger partial charge in [0.2, 0.25) is 0 Å². The van der Waals surface area contributed by atoms with E-state index < -0.39 is 21.8 Å². The molecule has 1 N–H and O–H groups in total. The van der Waals surface area contributed by atoms with Crippen LogP contribution in [0.25, 0.3) is 11.3 Å². The molecule has 4 rings (SSSR count). The Bertz CT molecular complexity index is 1280. The quantitative estimate of drug-likeness (QED) is 0.487. The van der Waals surface area contributed by atoms with E-state index in [4.69, 9.17) is 0 Å². The molecule has 0 saturated carbocycles. The maximum atomic E-state index is 13.8. The number of hydrogen-bond acceptors (Lipinski definition) is 5. The van der Waals surface area contributed by atoms with Gasteiger partial charge in [-0.3, -0.25) is 4.72 Å². The topological polar surface area (TPSA) is 75.2 Å². The highest BCUT2D eigenvalue weighted by molar-refractivity contribution is 7.92. The molecule has 1 aliphatic heterocycles. The molecule has 34 heavy (non-hydrogen) atoms. The van der Waals surface area contributed by atoms with Crippen LogP contribution in [0.4, 0.5) is 24.8 Å². The molecule has 180 valence electrons. The van der Waals surface area contributed by atoms with E-state index in [2.05, 4.69) is 14.7 Å². The second-order valence-electron chi connectivity index (χ2n) is 8.08. The molecule has 0 fully saturated rings. The summed E-state index contributed by atoms with van der Waals surface area (Å²) in [6.07, 6.45) is -1.55. The highest BCUT2D eigenvalue weighted by atomic mass is 32.2. The highest BCUT2D eigenvalue weighted by Crippen LogP contribution is 2.38. The Balaban J connectivity index is 1.87. The van der Waals surface area contributed by atoms with Crippen LogP contribution in [0.2, 0.25) is 0 Å². The van der Waals surface area contributed by atoms with Gasteiger partial charge in [-0.25, -0.2) is 9.97 Å². The third-order valence-electron chi connectivity index (χ3n) is 5.78. The average Bonchev–Trinajstić information content (AvgIpc) is 2.80. The Morgan fingerprint density at radius 3 is 2.53 bits per heavy atom. The van der Waals surface area contributed by atoms with E-state index in [1.54, 1.807) is 36.4 Å². The number of halogens is 3. The first-order chi connectivity index (χ1) is 16.2. The number of pyridine rings is 2. The first-order valence-electron chi connectivity index (χ1n) is 11.1. The van der Waals surface area contributed by atoms with Gasteiger partial charge in [-0.1, -0.05) is 36.8 Å². The van der Waals surface area contributed by atoms with Crippen LogP contribution in [-0.4, -0.2) is 31.5 Å². The van der Waals surface area contributed by atoms with E-state index in [-0.39, 0.29) is 16.5 Å². The smallest absolute Gasteiger partial charge is 0.357 e. The second-order valence-corrected chi connectivity index (χ2v) is 9.71. The van der Waals surface area contributed by atoms with Gasteiger partial charge in [0.25, 0.3) is 10.0 Å². The molecule has 6 nitrogen and oxygen atoms in total. The zero-order chi connectivity index (χ0) is 24.3. The SMILES string of the molecule is CCN1CCCCCc2ccccc2-c2nc(ccc2C(F)(F)F)NS(=O)(=O)c2cccc1n2. The summed E-state index contributed by atoms with van der Waals surface area (Å²) in [5.41, 5.74) is -0.123. The number of sulfonamides is 1. The van der Waals surface area contributed by atoms with E-state index in [1.807, 2.05) is 11.8 Å². The lowest BCUT2D eigenvalue weighted by Gasteiger charge is -2.23. The number of anilines is 2. The Labute approximate surface area is 196 Å². The molecule has 0 saturated heterocycles. The minimum Gasteiger partial charge on any atom is -0.357 e. The predicted molar refractivity (Wildman–Crippen MR) is 125 cm³/mol. The Hall–Kier alpha value is -3.14. The minimum absolute atomic E-state index is 0.204. The van der Waals surface area contributed by atoms with Crippen LogP contribution < -0.4 is 9.62 Å². The Morgan fingerprint density at radius 2 is 1.76 bits per heavy atom. The fourth-order valence-electron chi connectivity index (χ4n) is 4.07. The van der Waals surface area contributed by atoms with E-state index >= 15 is 0 Å². The third-order valence-corrected chi connectivity index (χ3v) is 7.03. The molecule has 1 aliphatic rings. The molecular formula is C24H25F3N4O2S. The van der Waals surface area contributed by atoms with Gasteiger partial charge in [0, 0.05) is 18.7 Å². The van der Waals surface area contributed by atoms with Gasteiger partial charge in [0.15, 0.2) is 5.03 Å². The third kappa shape index (κ3) is 5.16. The van der Waals surface area contributed by atoms with Gasteiger partial charge in [-0.15, -0.1) is 0 Å². The molecule has 10 heteroatoms. The van der Waals surface area contributed by atoms with E-state index in [0.29, 0.717) is 30.9 Å². The van der Waals surface area contributed by atoms with Gasteiger partial charge < -0.3 is 4.90 Å². The maximum Gasteiger partial charge on any atom is 0.418 e. The lowest BCUT2D eigenvalue weighted by molar-refractivity contribution is -0.137. The van der Waals surface area contributed by atoms with Gasteiger partial charge in [-0.05, 0) is 56.0 Å². The van der Waals surface area contributed by atoms with Crippen molar-refractivity contribution in [2.45, 2.75) is 43.8 Å². The van der Waals surface area contributed by atoms with Gasteiger partial charge in [-0.2, -0.15) is 21.6 Å². The number of benzene rings is 1. The highest BCUT2D eigenvalue weighted by Gasteiger charge is 2.35. The van der Waals surface area contributed by atoms with Crippen molar-refractivity contribution in [3.63, 3.8) is 0 Å². The number of fused-ring (bicyclic) bond motifs is 6. The van der Waals surface area contributed by atoms with E-state index in [1.165, 1.54) is 6.07 Å². The Kier molecular flexibility index (Phi) is 6.79. The summed E-state index contributed by atoms with van der Waals surface area (Å²) >= 11 is 0. The number of aryl methyl sites for hydroxylation is 1. The molecule has 0 aliphatic carbocycles. The maximum absolute atomic E-state index is 13.8. The summed E-state index contributed by atoms with van der Waals surface area (Å²) < 4.78 is 69.9. The molecule has 1 aromatic carbocycles. The van der Waals surface area contributed by atoms with Crippen molar-refractivity contribution < 1.29 is 21.6 Å². The molecule has 0 radical (unpaired) electrons. The summed E-state index contributed by atoms with van der Waals surface area (Å²) in [5.74, 6) is 0.327. The van der Waals surface area contributed by atoms with Crippen LogP contribution in [-0.2, 0) is 22.6 Å². The van der Waals surface area contributed by atoms with Crippen LogP contribution in [0, 0.1) is 0 Å². The molecule has 3 heterocycles. The normalized spacial score (nSPS) is 16.4. The van der Waals surface area contributed by atoms with Crippen molar-refractivity contribution in [1.29, 1.82) is 0 Å². The monoisotopic (exact) mass is 490 g/mol. The number of nitrogens with one attached hydrogen (secondary N) is 1. The summed E-state index contributed by atoms with van der Waals surface area (Å²) in [4.78, 5) is 10.4. The van der Waals surface area contributed by atoms with Gasteiger partial charge in [0.05, 0.1) is 11.3 Å². The largest absolute Gasteiger partial charge is 0.418 e. The van der Waals surface area contributed by atoms with Crippen molar-refractivity contribution in [3.05, 3.63) is 65.7 Å². The van der Waals surface area contributed by atoms with Crippen LogP contribution in [0.5, 0.6) is 0 Å². The zero-order valence-electron chi connectivity index (χ0n) is 18.6. The predicted octanol–water partition coefficient (Wildman–Crippen LogP) is 5.52. The van der Waals surface area contributed by atoms with Crippen molar-refractivity contribution in [2.24, 2.45) is 0 Å². The molecule has 2 aromatic heterocycles. The van der Waals surface area contributed by atoms with Crippen LogP contribution in [0.3, 0.4) is 0 Å². The van der Waals surface area contributed by atoms with Crippen molar-refractivity contribution in [2.75, 3.05) is 22.7 Å². The fraction of sp³-hybridized carbons (Fsp3) is 0.333. The summed E-state index contributed by atoms with van der Waals surface area (Å²) in [5, 5.41) is -0.223. The van der Waals surface area contributed by atoms with Gasteiger partial charge >= 0.3 is 6.18 Å². The van der Waals surface area contributed by atoms with Gasteiger partial charge in [0.1, 0.15) is 11.6 Å². The minimum atomic E-state index is -4.65. The number of aromatic nitrogens is 2. The molecule has 0 unspecified atom stereocenters.